The normalized spacial score (nSPS) is 18.3. The molecule has 1 aromatic carbocycles. The van der Waals surface area contributed by atoms with Crippen LogP contribution in [-0.4, -0.2) is 41.7 Å². The lowest BCUT2D eigenvalue weighted by Crippen LogP contribution is -2.41. The molecule has 0 saturated carbocycles. The van der Waals surface area contributed by atoms with E-state index >= 15 is 0 Å². The highest BCUT2D eigenvalue weighted by Crippen LogP contribution is 2.30. The van der Waals surface area contributed by atoms with Crippen LogP contribution in [0.3, 0.4) is 0 Å². The summed E-state index contributed by atoms with van der Waals surface area (Å²) in [6, 6.07) is 4.88. The number of rotatable bonds is 4. The number of hydrogen-bond acceptors (Lipinski definition) is 3. The highest BCUT2D eigenvalue weighted by atomic mass is 19.4. The first-order valence-corrected chi connectivity index (χ1v) is 6.92. The van der Waals surface area contributed by atoms with Gasteiger partial charge in [0.15, 0.2) is 0 Å². The number of methoxy groups -OCH3 is 1. The molecular weight excluding hydrogens is 315 g/mol. The lowest BCUT2D eigenvalue weighted by Gasteiger charge is -2.25. The molecule has 1 aliphatic rings. The van der Waals surface area contributed by atoms with Gasteiger partial charge in [0.2, 0.25) is 5.91 Å². The molecule has 0 aliphatic carbocycles. The Kier molecular flexibility index (Phi) is 4.82. The lowest BCUT2D eigenvalue weighted by atomic mass is 9.94. The second-order valence-corrected chi connectivity index (χ2v) is 5.44. The van der Waals surface area contributed by atoms with E-state index in [1.807, 2.05) is 0 Å². The number of hydrogen-bond donors (Lipinski definition) is 1. The van der Waals surface area contributed by atoms with E-state index in [1.165, 1.54) is 7.11 Å². The maximum atomic E-state index is 12.7. The average molecular weight is 331 g/mol. The summed E-state index contributed by atoms with van der Waals surface area (Å²) in [5, 5.41) is 8.91. The number of aliphatic carboxylic acids is 1. The summed E-state index contributed by atoms with van der Waals surface area (Å²) in [5.41, 5.74) is 1.20. The zero-order valence-electron chi connectivity index (χ0n) is 12.4. The van der Waals surface area contributed by atoms with E-state index in [4.69, 9.17) is 9.84 Å². The Hall–Kier alpha value is -2.25. The van der Waals surface area contributed by atoms with E-state index in [1.54, 1.807) is 18.2 Å². The fourth-order valence-electron chi connectivity index (χ4n) is 2.69. The molecule has 2 rings (SSSR count). The predicted molar refractivity (Wildman–Crippen MR) is 73.9 cm³/mol. The molecule has 5 nitrogen and oxygen atoms in total. The van der Waals surface area contributed by atoms with Gasteiger partial charge in [-0.3, -0.25) is 9.59 Å². The lowest BCUT2D eigenvalue weighted by molar-refractivity contribution is -0.165. The molecule has 1 aromatic rings. The molecule has 1 aliphatic heterocycles. The van der Waals surface area contributed by atoms with Gasteiger partial charge in [-0.2, -0.15) is 13.2 Å². The molecule has 23 heavy (non-hydrogen) atoms. The summed E-state index contributed by atoms with van der Waals surface area (Å²) in [4.78, 5) is 23.9. The van der Waals surface area contributed by atoms with Crippen LogP contribution in [0.2, 0.25) is 0 Å². The van der Waals surface area contributed by atoms with E-state index in [9.17, 15) is 22.8 Å². The standard InChI is InChI=1S/C15H16F3NO4/c1-23-12-3-2-9-4-10(6-13(20)21)14(22)19(7-11(9)5-12)8-15(16,17)18/h2-3,5,10H,4,6-8H2,1H3,(H,20,21)/t10-/m1/s1. The molecule has 1 heterocycles. The maximum Gasteiger partial charge on any atom is 0.406 e. The van der Waals surface area contributed by atoms with Crippen molar-refractivity contribution in [2.75, 3.05) is 13.7 Å². The number of amides is 1. The van der Waals surface area contributed by atoms with Gasteiger partial charge in [0.25, 0.3) is 0 Å². The van der Waals surface area contributed by atoms with E-state index in [2.05, 4.69) is 0 Å². The zero-order chi connectivity index (χ0) is 17.2. The first-order valence-electron chi connectivity index (χ1n) is 6.92. The summed E-state index contributed by atoms with van der Waals surface area (Å²) in [7, 11) is 1.43. The van der Waals surface area contributed by atoms with E-state index in [-0.39, 0.29) is 13.0 Å². The fraction of sp³-hybridized carbons (Fsp3) is 0.467. The minimum absolute atomic E-state index is 0.0960. The Morgan fingerprint density at radius 2 is 2.09 bits per heavy atom. The number of nitrogens with zero attached hydrogens (tertiary/aromatic N) is 1. The summed E-state index contributed by atoms with van der Waals surface area (Å²) in [6.45, 7) is -1.63. The number of carbonyl (C=O) groups excluding carboxylic acids is 1. The number of carboxylic acid groups (broad SMARTS) is 1. The van der Waals surface area contributed by atoms with Gasteiger partial charge in [-0.1, -0.05) is 6.07 Å². The Labute approximate surface area is 130 Å². The summed E-state index contributed by atoms with van der Waals surface area (Å²) in [6.07, 6.45) is -4.95. The molecule has 0 fully saturated rings. The monoisotopic (exact) mass is 331 g/mol. The molecule has 0 saturated heterocycles. The van der Waals surface area contributed by atoms with Crippen LogP contribution in [-0.2, 0) is 22.6 Å². The van der Waals surface area contributed by atoms with Crippen LogP contribution in [0.4, 0.5) is 13.2 Å². The zero-order valence-corrected chi connectivity index (χ0v) is 12.4. The highest BCUT2D eigenvalue weighted by Gasteiger charge is 2.38. The number of benzene rings is 1. The van der Waals surface area contributed by atoms with Gasteiger partial charge in [-0.25, -0.2) is 0 Å². The van der Waals surface area contributed by atoms with E-state index < -0.39 is 36.9 Å². The number of carbonyl (C=O) groups is 2. The largest absolute Gasteiger partial charge is 0.497 e. The van der Waals surface area contributed by atoms with Crippen molar-refractivity contribution >= 4 is 11.9 Å². The molecule has 0 bridgehead atoms. The third kappa shape index (κ3) is 4.37. The van der Waals surface area contributed by atoms with Crippen molar-refractivity contribution in [2.45, 2.75) is 25.6 Å². The summed E-state index contributed by atoms with van der Waals surface area (Å²) >= 11 is 0. The van der Waals surface area contributed by atoms with Crippen LogP contribution in [0.25, 0.3) is 0 Å². The third-order valence-corrected chi connectivity index (χ3v) is 3.69. The van der Waals surface area contributed by atoms with Gasteiger partial charge in [0.05, 0.1) is 19.4 Å². The van der Waals surface area contributed by atoms with Gasteiger partial charge >= 0.3 is 12.1 Å². The highest BCUT2D eigenvalue weighted by molar-refractivity contribution is 5.84. The van der Waals surface area contributed by atoms with E-state index in [0.29, 0.717) is 21.8 Å². The first-order chi connectivity index (χ1) is 10.7. The fourth-order valence-corrected chi connectivity index (χ4v) is 2.69. The van der Waals surface area contributed by atoms with Gasteiger partial charge < -0.3 is 14.7 Å². The molecule has 1 N–H and O–H groups in total. The van der Waals surface area contributed by atoms with Gasteiger partial charge in [-0.15, -0.1) is 0 Å². The first kappa shape index (κ1) is 17.1. The number of carboxylic acids is 1. The van der Waals surface area contributed by atoms with Crippen molar-refractivity contribution in [3.63, 3.8) is 0 Å². The van der Waals surface area contributed by atoms with Gasteiger partial charge in [0.1, 0.15) is 12.3 Å². The third-order valence-electron chi connectivity index (χ3n) is 3.69. The molecule has 1 atom stereocenters. The van der Waals surface area contributed by atoms with Crippen LogP contribution in [0, 0.1) is 5.92 Å². The SMILES string of the molecule is COc1ccc2c(c1)CN(CC(F)(F)F)C(=O)[C@@H](CC(=O)O)C2. The molecule has 0 radical (unpaired) electrons. The number of fused-ring (bicyclic) bond motifs is 1. The molecule has 8 heteroatoms. The van der Waals surface area contributed by atoms with Crippen molar-refractivity contribution in [2.24, 2.45) is 5.92 Å². The van der Waals surface area contributed by atoms with Crippen molar-refractivity contribution in [3.8, 4) is 5.75 Å². The topological polar surface area (TPSA) is 66.8 Å². The molecule has 0 spiro atoms. The van der Waals surface area contributed by atoms with E-state index in [0.717, 1.165) is 0 Å². The maximum absolute atomic E-state index is 12.7. The molecule has 126 valence electrons. The Morgan fingerprint density at radius 1 is 1.39 bits per heavy atom. The molecule has 0 unspecified atom stereocenters. The second-order valence-electron chi connectivity index (χ2n) is 5.44. The van der Waals surface area contributed by atoms with Gasteiger partial charge in [0, 0.05) is 6.54 Å². The quantitative estimate of drug-likeness (QED) is 0.919. The molecule has 0 aromatic heterocycles. The van der Waals surface area contributed by atoms with Crippen LogP contribution in [0.1, 0.15) is 17.5 Å². The number of halogens is 3. The van der Waals surface area contributed by atoms with Crippen LogP contribution in [0.15, 0.2) is 18.2 Å². The number of alkyl halides is 3. The van der Waals surface area contributed by atoms with Crippen LogP contribution >= 0.6 is 0 Å². The molecular formula is C15H16F3NO4. The Bertz CT molecular complexity index is 615. The Morgan fingerprint density at radius 3 is 2.65 bits per heavy atom. The number of ether oxygens (including phenoxy) is 1. The predicted octanol–water partition coefficient (Wildman–Crippen LogP) is 2.23. The minimum Gasteiger partial charge on any atom is -0.497 e. The van der Waals surface area contributed by atoms with Crippen molar-refractivity contribution in [1.29, 1.82) is 0 Å². The second kappa shape index (κ2) is 6.47. The Balaban J connectivity index is 2.38. The van der Waals surface area contributed by atoms with Crippen LogP contribution < -0.4 is 4.74 Å². The van der Waals surface area contributed by atoms with Crippen molar-refractivity contribution < 1.29 is 32.6 Å². The van der Waals surface area contributed by atoms with Gasteiger partial charge in [-0.05, 0) is 29.7 Å². The molecule has 1 amide bonds. The van der Waals surface area contributed by atoms with Crippen molar-refractivity contribution in [1.82, 2.24) is 4.90 Å². The van der Waals surface area contributed by atoms with Crippen molar-refractivity contribution in [3.05, 3.63) is 29.3 Å². The summed E-state index contributed by atoms with van der Waals surface area (Å²) in [5.74, 6) is -2.54. The summed E-state index contributed by atoms with van der Waals surface area (Å²) < 4.78 is 43.2. The average Bonchev–Trinajstić information content (AvgIpc) is 2.55. The minimum atomic E-state index is -4.55. The van der Waals surface area contributed by atoms with Crippen LogP contribution in [0.5, 0.6) is 5.75 Å². The smallest absolute Gasteiger partial charge is 0.406 e.